The van der Waals surface area contributed by atoms with Gasteiger partial charge in [-0.05, 0) is 48.3 Å². The number of fused-ring (bicyclic) bond motifs is 1. The molecule has 2 rings (SSSR count). The van der Waals surface area contributed by atoms with Crippen molar-refractivity contribution in [2.45, 2.75) is 39.2 Å². The van der Waals surface area contributed by atoms with Crippen molar-refractivity contribution in [2.24, 2.45) is 11.8 Å². The predicted molar refractivity (Wildman–Crippen MR) is 62.6 cm³/mol. The fourth-order valence-corrected chi connectivity index (χ4v) is 2.62. The van der Waals surface area contributed by atoms with Crippen LogP contribution in [0.2, 0.25) is 0 Å². The Bertz CT molecular complexity index is 373. The first kappa shape index (κ1) is 11.6. The van der Waals surface area contributed by atoms with Gasteiger partial charge in [-0.25, -0.2) is 4.39 Å². The summed E-state index contributed by atoms with van der Waals surface area (Å²) in [5.74, 6) is 0.870. The lowest BCUT2D eigenvalue weighted by atomic mass is 9.88. The minimum Gasteiger partial charge on any atom is -0.388 e. The van der Waals surface area contributed by atoms with Gasteiger partial charge in [-0.15, -0.1) is 0 Å². The summed E-state index contributed by atoms with van der Waals surface area (Å²) in [4.78, 5) is 0. The fraction of sp³-hybridized carbons (Fsp3) is 0.571. The first-order valence-electron chi connectivity index (χ1n) is 6.05. The van der Waals surface area contributed by atoms with Crippen molar-refractivity contribution in [1.29, 1.82) is 0 Å². The van der Waals surface area contributed by atoms with Crippen LogP contribution < -0.4 is 0 Å². The molecule has 2 heteroatoms. The second-order valence-electron chi connectivity index (χ2n) is 5.10. The highest BCUT2D eigenvalue weighted by molar-refractivity contribution is 5.31. The van der Waals surface area contributed by atoms with Gasteiger partial charge in [0.1, 0.15) is 5.82 Å². The monoisotopic (exact) mass is 222 g/mol. The maximum Gasteiger partial charge on any atom is 0.126 e. The number of halogens is 1. The first-order chi connectivity index (χ1) is 7.59. The standard InChI is InChI=1S/C14H19FO/c1-9(2)10-6-7-11-12(14(16)8-10)4-3-5-13(11)15/h3-5,9-10,14,16H,6-8H2,1-2H3. The molecular weight excluding hydrogens is 203 g/mol. The molecule has 0 heterocycles. The molecule has 1 aromatic carbocycles. The molecule has 0 bridgehead atoms. The fourth-order valence-electron chi connectivity index (χ4n) is 2.62. The molecule has 0 fully saturated rings. The van der Waals surface area contributed by atoms with E-state index in [-0.39, 0.29) is 5.82 Å². The van der Waals surface area contributed by atoms with E-state index >= 15 is 0 Å². The molecule has 0 aliphatic heterocycles. The summed E-state index contributed by atoms with van der Waals surface area (Å²) in [6.45, 7) is 4.34. The van der Waals surface area contributed by atoms with Crippen LogP contribution in [0.25, 0.3) is 0 Å². The van der Waals surface area contributed by atoms with Crippen LogP contribution in [0.1, 0.15) is 43.9 Å². The van der Waals surface area contributed by atoms with E-state index in [0.29, 0.717) is 11.8 Å². The maximum atomic E-state index is 13.6. The molecular formula is C14H19FO. The Kier molecular flexibility index (Phi) is 3.29. The van der Waals surface area contributed by atoms with E-state index in [1.165, 1.54) is 6.07 Å². The number of aliphatic hydroxyl groups excluding tert-OH is 1. The van der Waals surface area contributed by atoms with Gasteiger partial charge in [0, 0.05) is 0 Å². The molecule has 0 spiro atoms. The lowest BCUT2D eigenvalue weighted by molar-refractivity contribution is 0.132. The minimum atomic E-state index is -0.499. The largest absolute Gasteiger partial charge is 0.388 e. The quantitative estimate of drug-likeness (QED) is 0.721. The highest BCUT2D eigenvalue weighted by atomic mass is 19.1. The summed E-state index contributed by atoms with van der Waals surface area (Å²) in [5.41, 5.74) is 1.52. The summed E-state index contributed by atoms with van der Waals surface area (Å²) in [7, 11) is 0. The average molecular weight is 222 g/mol. The highest BCUT2D eigenvalue weighted by Crippen LogP contribution is 2.35. The molecule has 0 saturated carbocycles. The maximum absolute atomic E-state index is 13.6. The van der Waals surface area contributed by atoms with Crippen LogP contribution in [-0.2, 0) is 6.42 Å². The van der Waals surface area contributed by atoms with E-state index in [9.17, 15) is 9.50 Å². The Morgan fingerprint density at radius 1 is 1.38 bits per heavy atom. The van der Waals surface area contributed by atoms with Crippen molar-refractivity contribution in [3.63, 3.8) is 0 Å². The zero-order valence-corrected chi connectivity index (χ0v) is 9.91. The van der Waals surface area contributed by atoms with Gasteiger partial charge >= 0.3 is 0 Å². The molecule has 0 radical (unpaired) electrons. The van der Waals surface area contributed by atoms with Crippen LogP contribution >= 0.6 is 0 Å². The molecule has 16 heavy (non-hydrogen) atoms. The van der Waals surface area contributed by atoms with Crippen LogP contribution in [0.4, 0.5) is 4.39 Å². The third-order valence-corrected chi connectivity index (χ3v) is 3.75. The third-order valence-electron chi connectivity index (χ3n) is 3.75. The Morgan fingerprint density at radius 2 is 2.12 bits per heavy atom. The van der Waals surface area contributed by atoms with Crippen molar-refractivity contribution in [3.05, 3.63) is 35.1 Å². The smallest absolute Gasteiger partial charge is 0.126 e. The molecule has 2 unspecified atom stereocenters. The van der Waals surface area contributed by atoms with Crippen LogP contribution in [0.15, 0.2) is 18.2 Å². The summed E-state index contributed by atoms with van der Waals surface area (Å²) in [5, 5.41) is 10.1. The zero-order valence-electron chi connectivity index (χ0n) is 9.91. The molecule has 1 aromatic rings. The van der Waals surface area contributed by atoms with E-state index in [1.54, 1.807) is 6.07 Å². The van der Waals surface area contributed by atoms with Gasteiger partial charge < -0.3 is 5.11 Å². The van der Waals surface area contributed by atoms with Gasteiger partial charge in [0.05, 0.1) is 6.10 Å². The average Bonchev–Trinajstić information content (AvgIpc) is 2.40. The predicted octanol–water partition coefficient (Wildman–Crippen LogP) is 3.47. The Hall–Kier alpha value is -0.890. The van der Waals surface area contributed by atoms with Gasteiger partial charge in [-0.2, -0.15) is 0 Å². The van der Waals surface area contributed by atoms with E-state index in [0.717, 1.165) is 30.4 Å². The van der Waals surface area contributed by atoms with Crippen molar-refractivity contribution in [2.75, 3.05) is 0 Å². The first-order valence-corrected chi connectivity index (χ1v) is 6.05. The van der Waals surface area contributed by atoms with Crippen molar-refractivity contribution < 1.29 is 9.50 Å². The number of rotatable bonds is 1. The molecule has 0 saturated heterocycles. The Morgan fingerprint density at radius 3 is 2.81 bits per heavy atom. The van der Waals surface area contributed by atoms with Gasteiger partial charge in [-0.1, -0.05) is 26.0 Å². The number of hydrogen-bond donors (Lipinski definition) is 1. The SMILES string of the molecule is CC(C)C1CCc2c(F)cccc2C(O)C1. The van der Waals surface area contributed by atoms with Gasteiger partial charge in [-0.3, -0.25) is 0 Å². The lowest BCUT2D eigenvalue weighted by Crippen LogP contribution is -2.11. The molecule has 0 amide bonds. The van der Waals surface area contributed by atoms with Crippen LogP contribution in [0.5, 0.6) is 0 Å². The summed E-state index contributed by atoms with van der Waals surface area (Å²) < 4.78 is 13.6. The molecule has 1 aliphatic rings. The van der Waals surface area contributed by atoms with Gasteiger partial charge in [0.25, 0.3) is 0 Å². The van der Waals surface area contributed by atoms with Gasteiger partial charge in [0.15, 0.2) is 0 Å². The van der Waals surface area contributed by atoms with Crippen LogP contribution in [0.3, 0.4) is 0 Å². The second-order valence-corrected chi connectivity index (χ2v) is 5.10. The summed E-state index contributed by atoms with van der Waals surface area (Å²) >= 11 is 0. The second kappa shape index (κ2) is 4.54. The summed E-state index contributed by atoms with van der Waals surface area (Å²) in [6.07, 6.45) is 1.99. The van der Waals surface area contributed by atoms with Crippen molar-refractivity contribution in [1.82, 2.24) is 0 Å². The van der Waals surface area contributed by atoms with Crippen LogP contribution in [-0.4, -0.2) is 5.11 Å². The Labute approximate surface area is 96.3 Å². The number of aliphatic hydroxyl groups is 1. The van der Waals surface area contributed by atoms with Crippen molar-refractivity contribution in [3.8, 4) is 0 Å². The molecule has 2 atom stereocenters. The summed E-state index contributed by atoms with van der Waals surface area (Å²) in [6, 6.07) is 5.03. The van der Waals surface area contributed by atoms with E-state index in [4.69, 9.17) is 0 Å². The third kappa shape index (κ3) is 2.12. The van der Waals surface area contributed by atoms with Gasteiger partial charge in [0.2, 0.25) is 0 Å². The van der Waals surface area contributed by atoms with E-state index in [1.807, 2.05) is 6.07 Å². The highest BCUT2D eigenvalue weighted by Gasteiger charge is 2.26. The molecule has 1 nitrogen and oxygen atoms in total. The van der Waals surface area contributed by atoms with E-state index in [2.05, 4.69) is 13.8 Å². The topological polar surface area (TPSA) is 20.2 Å². The molecule has 1 N–H and O–H groups in total. The number of hydrogen-bond acceptors (Lipinski definition) is 1. The number of benzene rings is 1. The molecule has 88 valence electrons. The lowest BCUT2D eigenvalue weighted by Gasteiger charge is -2.20. The normalized spacial score (nSPS) is 25.3. The minimum absolute atomic E-state index is 0.166. The molecule has 0 aromatic heterocycles. The molecule has 1 aliphatic carbocycles. The zero-order chi connectivity index (χ0) is 11.7. The Balaban J connectivity index is 2.32. The van der Waals surface area contributed by atoms with Crippen molar-refractivity contribution >= 4 is 0 Å². The van der Waals surface area contributed by atoms with Crippen LogP contribution in [0, 0.1) is 17.7 Å². The van der Waals surface area contributed by atoms with E-state index < -0.39 is 6.10 Å².